The van der Waals surface area contributed by atoms with Gasteiger partial charge in [0.1, 0.15) is 12.2 Å². The van der Waals surface area contributed by atoms with Gasteiger partial charge in [-0.3, -0.25) is 0 Å². The minimum absolute atomic E-state index is 0.289. The maximum absolute atomic E-state index is 10.4. The van der Waals surface area contributed by atoms with E-state index in [0.717, 1.165) is 25.2 Å². The van der Waals surface area contributed by atoms with E-state index in [0.29, 0.717) is 13.0 Å². The zero-order valence-electron chi connectivity index (χ0n) is 9.98. The summed E-state index contributed by atoms with van der Waals surface area (Å²) in [6, 6.07) is 0.289. The molecule has 5 nitrogen and oxygen atoms in total. The number of hydrogen-bond acceptors (Lipinski definition) is 4. The molecule has 5 heteroatoms. The summed E-state index contributed by atoms with van der Waals surface area (Å²) < 4.78 is 1.88. The Morgan fingerprint density at radius 2 is 2.44 bits per heavy atom. The minimum Gasteiger partial charge on any atom is -0.388 e. The number of hydrogen-bond donors (Lipinski definition) is 2. The van der Waals surface area contributed by atoms with Gasteiger partial charge in [-0.1, -0.05) is 0 Å². The fraction of sp³-hybridized carbons (Fsp3) is 0.818. The second-order valence-electron chi connectivity index (χ2n) is 4.90. The molecule has 90 valence electrons. The molecular formula is C11H20N4O. The van der Waals surface area contributed by atoms with E-state index in [1.165, 1.54) is 0 Å². The number of nitrogens with one attached hydrogen (secondary N) is 1. The van der Waals surface area contributed by atoms with Crippen LogP contribution in [-0.4, -0.2) is 38.6 Å². The topological polar surface area (TPSA) is 63.0 Å². The van der Waals surface area contributed by atoms with Gasteiger partial charge in [0, 0.05) is 19.0 Å². The van der Waals surface area contributed by atoms with Crippen molar-refractivity contribution in [3.63, 3.8) is 0 Å². The quantitative estimate of drug-likeness (QED) is 0.785. The number of nitrogens with zero attached hydrogens (tertiary/aromatic N) is 3. The monoisotopic (exact) mass is 224 g/mol. The van der Waals surface area contributed by atoms with E-state index in [1.807, 2.05) is 4.68 Å². The number of piperidine rings is 1. The summed E-state index contributed by atoms with van der Waals surface area (Å²) in [5.41, 5.74) is -0.655. The number of β-amino-alcohol motifs (C(OH)–C–C–N with tert-alkyl or cyclic N) is 1. The van der Waals surface area contributed by atoms with Crippen LogP contribution in [0.1, 0.15) is 38.6 Å². The van der Waals surface area contributed by atoms with Crippen molar-refractivity contribution in [2.45, 2.75) is 44.8 Å². The molecular weight excluding hydrogens is 204 g/mol. The van der Waals surface area contributed by atoms with Crippen molar-refractivity contribution in [1.82, 2.24) is 20.1 Å². The van der Waals surface area contributed by atoms with Gasteiger partial charge in [0.2, 0.25) is 0 Å². The van der Waals surface area contributed by atoms with Crippen LogP contribution < -0.4 is 5.32 Å². The van der Waals surface area contributed by atoms with Crippen LogP contribution in [0.3, 0.4) is 0 Å². The number of rotatable bonds is 3. The molecule has 0 aromatic carbocycles. The van der Waals surface area contributed by atoms with Crippen LogP contribution in [0.15, 0.2) is 6.33 Å². The maximum Gasteiger partial charge on any atom is 0.138 e. The Balaban J connectivity index is 2.10. The van der Waals surface area contributed by atoms with Crippen molar-refractivity contribution in [3.05, 3.63) is 12.2 Å². The number of aromatic nitrogens is 3. The van der Waals surface area contributed by atoms with Crippen molar-refractivity contribution in [2.75, 3.05) is 13.1 Å². The Labute approximate surface area is 95.9 Å². The molecule has 1 aromatic rings. The van der Waals surface area contributed by atoms with E-state index in [1.54, 1.807) is 6.33 Å². The predicted molar refractivity (Wildman–Crippen MR) is 61.2 cm³/mol. The van der Waals surface area contributed by atoms with E-state index in [4.69, 9.17) is 0 Å². The highest BCUT2D eigenvalue weighted by atomic mass is 16.3. The second-order valence-corrected chi connectivity index (χ2v) is 4.90. The van der Waals surface area contributed by atoms with Crippen molar-refractivity contribution in [1.29, 1.82) is 0 Å². The molecule has 0 amide bonds. The lowest BCUT2D eigenvalue weighted by atomic mass is 9.90. The SMILES string of the molecule is CC(C)n1ncnc1CC1(O)CCCNC1. The predicted octanol–water partition coefficient (Wildman–Crippen LogP) is 0.516. The molecule has 0 spiro atoms. The molecule has 1 aromatic heterocycles. The lowest BCUT2D eigenvalue weighted by Gasteiger charge is -2.32. The fourth-order valence-corrected chi connectivity index (χ4v) is 2.23. The first-order valence-electron chi connectivity index (χ1n) is 5.92. The van der Waals surface area contributed by atoms with Gasteiger partial charge in [0.15, 0.2) is 0 Å². The molecule has 0 radical (unpaired) electrons. The van der Waals surface area contributed by atoms with E-state index < -0.39 is 5.60 Å². The van der Waals surface area contributed by atoms with Gasteiger partial charge in [0.05, 0.1) is 5.60 Å². The summed E-state index contributed by atoms with van der Waals surface area (Å²) in [5.74, 6) is 0.876. The Kier molecular flexibility index (Phi) is 3.25. The first-order valence-corrected chi connectivity index (χ1v) is 5.92. The third-order valence-corrected chi connectivity index (χ3v) is 3.07. The summed E-state index contributed by atoms with van der Waals surface area (Å²) in [5, 5.41) is 17.8. The van der Waals surface area contributed by atoms with Gasteiger partial charge in [-0.15, -0.1) is 0 Å². The van der Waals surface area contributed by atoms with Crippen molar-refractivity contribution in [2.24, 2.45) is 0 Å². The molecule has 0 aliphatic carbocycles. The van der Waals surface area contributed by atoms with Gasteiger partial charge < -0.3 is 10.4 Å². The Bertz CT molecular complexity index is 342. The average molecular weight is 224 g/mol. The third-order valence-electron chi connectivity index (χ3n) is 3.07. The standard InChI is InChI=1S/C11H20N4O/c1-9(2)15-10(13-8-14-15)6-11(16)4-3-5-12-7-11/h8-9,12,16H,3-7H2,1-2H3. The molecule has 1 unspecified atom stereocenters. The molecule has 1 aliphatic rings. The summed E-state index contributed by atoms with van der Waals surface area (Å²) in [4.78, 5) is 4.24. The second kappa shape index (κ2) is 4.51. The first kappa shape index (κ1) is 11.5. The van der Waals surface area contributed by atoms with Gasteiger partial charge in [-0.2, -0.15) is 5.10 Å². The highest BCUT2D eigenvalue weighted by molar-refractivity contribution is 4.98. The van der Waals surface area contributed by atoms with Crippen molar-refractivity contribution < 1.29 is 5.11 Å². The van der Waals surface area contributed by atoms with E-state index >= 15 is 0 Å². The van der Waals surface area contributed by atoms with Gasteiger partial charge in [-0.25, -0.2) is 9.67 Å². The van der Waals surface area contributed by atoms with Crippen molar-refractivity contribution >= 4 is 0 Å². The zero-order valence-corrected chi connectivity index (χ0v) is 9.98. The lowest BCUT2D eigenvalue weighted by Crippen LogP contribution is -2.47. The van der Waals surface area contributed by atoms with Crippen LogP contribution in [0.2, 0.25) is 0 Å². The average Bonchev–Trinajstić information content (AvgIpc) is 2.66. The van der Waals surface area contributed by atoms with Gasteiger partial charge in [0.25, 0.3) is 0 Å². The molecule has 1 saturated heterocycles. The van der Waals surface area contributed by atoms with E-state index in [2.05, 4.69) is 29.2 Å². The molecule has 16 heavy (non-hydrogen) atoms. The minimum atomic E-state index is -0.655. The Morgan fingerprint density at radius 3 is 3.06 bits per heavy atom. The summed E-state index contributed by atoms with van der Waals surface area (Å²) in [6.45, 7) is 5.79. The Morgan fingerprint density at radius 1 is 1.62 bits per heavy atom. The fourth-order valence-electron chi connectivity index (χ4n) is 2.23. The van der Waals surface area contributed by atoms with Gasteiger partial charge >= 0.3 is 0 Å². The van der Waals surface area contributed by atoms with Gasteiger partial charge in [-0.05, 0) is 33.2 Å². The largest absolute Gasteiger partial charge is 0.388 e. The Hall–Kier alpha value is -0.940. The molecule has 2 heterocycles. The summed E-state index contributed by atoms with van der Waals surface area (Å²) in [7, 11) is 0. The van der Waals surface area contributed by atoms with Crippen LogP contribution in [0, 0.1) is 0 Å². The normalized spacial score (nSPS) is 26.2. The molecule has 0 bridgehead atoms. The zero-order chi connectivity index (χ0) is 11.6. The molecule has 1 atom stereocenters. The van der Waals surface area contributed by atoms with Crippen LogP contribution >= 0.6 is 0 Å². The van der Waals surface area contributed by atoms with E-state index in [9.17, 15) is 5.11 Å². The summed E-state index contributed by atoms with van der Waals surface area (Å²) >= 11 is 0. The van der Waals surface area contributed by atoms with Crippen LogP contribution in [0.5, 0.6) is 0 Å². The highest BCUT2D eigenvalue weighted by Gasteiger charge is 2.31. The molecule has 2 N–H and O–H groups in total. The van der Waals surface area contributed by atoms with E-state index in [-0.39, 0.29) is 6.04 Å². The lowest BCUT2D eigenvalue weighted by molar-refractivity contribution is 0.0140. The number of aliphatic hydroxyl groups is 1. The molecule has 1 aliphatic heterocycles. The smallest absolute Gasteiger partial charge is 0.138 e. The molecule has 1 fully saturated rings. The van der Waals surface area contributed by atoms with Crippen molar-refractivity contribution in [3.8, 4) is 0 Å². The third kappa shape index (κ3) is 2.41. The molecule has 0 saturated carbocycles. The highest BCUT2D eigenvalue weighted by Crippen LogP contribution is 2.21. The van der Waals surface area contributed by atoms with Crippen LogP contribution in [0.25, 0.3) is 0 Å². The molecule has 2 rings (SSSR count). The first-order chi connectivity index (χ1) is 7.61. The van der Waals surface area contributed by atoms with Crippen LogP contribution in [0.4, 0.5) is 0 Å². The summed E-state index contributed by atoms with van der Waals surface area (Å²) in [6.07, 6.45) is 4.00. The van der Waals surface area contributed by atoms with Crippen LogP contribution in [-0.2, 0) is 6.42 Å². The maximum atomic E-state index is 10.4.